The zero-order valence-electron chi connectivity index (χ0n) is 5.91. The molecule has 0 bridgehead atoms. The van der Waals surface area contributed by atoms with Gasteiger partial charge in [0, 0.05) is 0 Å². The minimum atomic E-state index is -0.190. The molecule has 4 nitrogen and oxygen atoms in total. The highest BCUT2D eigenvalue weighted by molar-refractivity contribution is 5.90. The molecule has 4 heteroatoms. The van der Waals surface area contributed by atoms with Crippen LogP contribution in [0.1, 0.15) is 0 Å². The van der Waals surface area contributed by atoms with Crippen molar-refractivity contribution in [3.63, 3.8) is 0 Å². The molecule has 0 heterocycles. The van der Waals surface area contributed by atoms with Crippen molar-refractivity contribution in [1.29, 1.82) is 5.41 Å². The Hall–Kier alpha value is -1.55. The lowest BCUT2D eigenvalue weighted by Crippen LogP contribution is -2.42. The van der Waals surface area contributed by atoms with E-state index in [1.54, 1.807) is 24.3 Å². The van der Waals surface area contributed by atoms with Crippen LogP contribution in [0.5, 0.6) is 0 Å². The van der Waals surface area contributed by atoms with Crippen molar-refractivity contribution in [2.24, 2.45) is 11.6 Å². The maximum atomic E-state index is 7.00. The summed E-state index contributed by atoms with van der Waals surface area (Å²) < 4.78 is 0. The quantitative estimate of drug-likeness (QED) is 0.228. The Morgan fingerprint density at radius 2 is 2.36 bits per heavy atom. The van der Waals surface area contributed by atoms with Crippen LogP contribution in [0.2, 0.25) is 0 Å². The smallest absolute Gasteiger partial charge is 0.207 e. The van der Waals surface area contributed by atoms with Crippen molar-refractivity contribution in [3.8, 4) is 0 Å². The molecule has 0 aromatic heterocycles. The van der Waals surface area contributed by atoms with Gasteiger partial charge in [0.15, 0.2) is 0 Å². The summed E-state index contributed by atoms with van der Waals surface area (Å²) in [6, 6.07) is 9.75. The molecule has 0 saturated heterocycles. The number of hydrazine groups is 1. The zero-order valence-corrected chi connectivity index (χ0v) is 5.91. The summed E-state index contributed by atoms with van der Waals surface area (Å²) in [5.41, 5.74) is 5.79. The molecule has 0 saturated carbocycles. The van der Waals surface area contributed by atoms with E-state index in [-0.39, 0.29) is 5.96 Å². The number of anilines is 1. The molecular formula is C7H9N4. The Labute approximate surface area is 64.9 Å². The van der Waals surface area contributed by atoms with E-state index >= 15 is 0 Å². The Morgan fingerprint density at radius 1 is 1.64 bits per heavy atom. The molecule has 0 aliphatic rings. The monoisotopic (exact) mass is 149 g/mol. The van der Waals surface area contributed by atoms with Gasteiger partial charge in [-0.3, -0.25) is 5.41 Å². The SMILES string of the molecule is N=C(N)N(N)c1c[c]ccc1. The van der Waals surface area contributed by atoms with Gasteiger partial charge in [0.2, 0.25) is 5.96 Å². The first kappa shape index (κ1) is 7.56. The summed E-state index contributed by atoms with van der Waals surface area (Å²) >= 11 is 0. The number of hydrogen-bond acceptors (Lipinski definition) is 2. The fourth-order valence-corrected chi connectivity index (χ4v) is 0.673. The van der Waals surface area contributed by atoms with Crippen LogP contribution in [0.15, 0.2) is 24.3 Å². The zero-order chi connectivity index (χ0) is 8.27. The van der Waals surface area contributed by atoms with E-state index in [1.165, 1.54) is 0 Å². The third-order valence-electron chi connectivity index (χ3n) is 1.23. The molecule has 0 unspecified atom stereocenters. The number of nitrogens with zero attached hydrogens (tertiary/aromatic N) is 1. The highest BCUT2D eigenvalue weighted by Gasteiger charge is 2.00. The maximum Gasteiger partial charge on any atom is 0.207 e. The van der Waals surface area contributed by atoms with Crippen LogP contribution >= 0.6 is 0 Å². The fourth-order valence-electron chi connectivity index (χ4n) is 0.673. The van der Waals surface area contributed by atoms with Crippen LogP contribution in [0.25, 0.3) is 0 Å². The third kappa shape index (κ3) is 1.68. The van der Waals surface area contributed by atoms with E-state index in [0.29, 0.717) is 5.69 Å². The molecule has 11 heavy (non-hydrogen) atoms. The molecular weight excluding hydrogens is 140 g/mol. The van der Waals surface area contributed by atoms with Crippen molar-refractivity contribution >= 4 is 11.6 Å². The van der Waals surface area contributed by atoms with Gasteiger partial charge < -0.3 is 5.73 Å². The molecule has 0 amide bonds. The molecule has 0 aliphatic carbocycles. The molecule has 5 N–H and O–H groups in total. The molecule has 1 aromatic carbocycles. The van der Waals surface area contributed by atoms with E-state index in [9.17, 15) is 0 Å². The van der Waals surface area contributed by atoms with Crippen molar-refractivity contribution in [3.05, 3.63) is 30.3 Å². The second-order valence-electron chi connectivity index (χ2n) is 2.02. The van der Waals surface area contributed by atoms with E-state index in [4.69, 9.17) is 17.0 Å². The highest BCUT2D eigenvalue weighted by atomic mass is 15.5. The summed E-state index contributed by atoms with van der Waals surface area (Å²) in [6.45, 7) is 0. The average Bonchev–Trinajstić information content (AvgIpc) is 2.05. The summed E-state index contributed by atoms with van der Waals surface area (Å²) in [6.07, 6.45) is 0. The van der Waals surface area contributed by atoms with Crippen LogP contribution in [0.3, 0.4) is 0 Å². The van der Waals surface area contributed by atoms with Crippen LogP contribution in [0.4, 0.5) is 5.69 Å². The second-order valence-corrected chi connectivity index (χ2v) is 2.02. The Bertz CT molecular complexity index is 244. The van der Waals surface area contributed by atoms with Crippen molar-refractivity contribution < 1.29 is 0 Å². The van der Waals surface area contributed by atoms with Crippen LogP contribution in [-0.2, 0) is 0 Å². The lowest BCUT2D eigenvalue weighted by atomic mass is 10.3. The molecule has 0 fully saturated rings. The fraction of sp³-hybridized carbons (Fsp3) is 0. The van der Waals surface area contributed by atoms with E-state index in [0.717, 1.165) is 5.01 Å². The van der Waals surface area contributed by atoms with Crippen molar-refractivity contribution in [1.82, 2.24) is 0 Å². The van der Waals surface area contributed by atoms with Gasteiger partial charge in [-0.15, -0.1) is 0 Å². The van der Waals surface area contributed by atoms with Gasteiger partial charge in [0.05, 0.1) is 5.69 Å². The Kier molecular flexibility index (Phi) is 2.08. The molecule has 0 atom stereocenters. The van der Waals surface area contributed by atoms with Crippen molar-refractivity contribution in [2.75, 3.05) is 5.01 Å². The molecule has 57 valence electrons. The molecule has 1 radical (unpaired) electrons. The minimum Gasteiger partial charge on any atom is -0.369 e. The normalized spacial score (nSPS) is 9.18. The van der Waals surface area contributed by atoms with Gasteiger partial charge in [-0.05, 0) is 18.2 Å². The highest BCUT2D eigenvalue weighted by Crippen LogP contribution is 2.06. The first-order valence-corrected chi connectivity index (χ1v) is 3.07. The molecule has 0 spiro atoms. The summed E-state index contributed by atoms with van der Waals surface area (Å²) in [5.74, 6) is 5.21. The van der Waals surface area contributed by atoms with Gasteiger partial charge in [-0.25, -0.2) is 10.9 Å². The van der Waals surface area contributed by atoms with Crippen LogP contribution in [-0.4, -0.2) is 5.96 Å². The predicted octanol–water partition coefficient (Wildman–Crippen LogP) is 0.0604. The lowest BCUT2D eigenvalue weighted by molar-refractivity contribution is 1.09. The molecule has 1 rings (SSSR count). The lowest BCUT2D eigenvalue weighted by Gasteiger charge is -2.14. The third-order valence-corrected chi connectivity index (χ3v) is 1.23. The first-order valence-electron chi connectivity index (χ1n) is 3.07. The topological polar surface area (TPSA) is 79.1 Å². The van der Waals surface area contributed by atoms with E-state index < -0.39 is 0 Å². The first-order chi connectivity index (χ1) is 5.22. The Morgan fingerprint density at radius 3 is 2.82 bits per heavy atom. The number of hydrogen-bond donors (Lipinski definition) is 3. The van der Waals surface area contributed by atoms with E-state index in [1.807, 2.05) is 0 Å². The minimum absolute atomic E-state index is 0.190. The molecule has 0 aliphatic heterocycles. The number of nitrogens with two attached hydrogens (primary N) is 2. The number of nitrogens with one attached hydrogen (secondary N) is 1. The van der Waals surface area contributed by atoms with Crippen LogP contribution in [0, 0.1) is 11.5 Å². The van der Waals surface area contributed by atoms with Gasteiger partial charge in [0.1, 0.15) is 0 Å². The maximum absolute atomic E-state index is 7.00. The molecule has 1 aromatic rings. The number of guanidine groups is 1. The van der Waals surface area contributed by atoms with Crippen LogP contribution < -0.4 is 16.6 Å². The van der Waals surface area contributed by atoms with E-state index in [2.05, 4.69) is 6.07 Å². The largest absolute Gasteiger partial charge is 0.369 e. The standard InChI is InChI=1S/C7H9N4/c8-7(9)11(10)6-4-2-1-3-5-6/h1-2,4-5H,10H2,(H3,8,9). The summed E-state index contributed by atoms with van der Waals surface area (Å²) in [4.78, 5) is 0. The average molecular weight is 149 g/mol. The predicted molar refractivity (Wildman–Crippen MR) is 43.9 cm³/mol. The van der Waals surface area contributed by atoms with Crippen molar-refractivity contribution in [2.45, 2.75) is 0 Å². The van der Waals surface area contributed by atoms with Gasteiger partial charge in [-0.1, -0.05) is 12.1 Å². The van der Waals surface area contributed by atoms with Gasteiger partial charge in [0.25, 0.3) is 0 Å². The summed E-state index contributed by atoms with van der Waals surface area (Å²) in [5, 5.41) is 8.08. The van der Waals surface area contributed by atoms with Gasteiger partial charge in [-0.2, -0.15) is 0 Å². The second kappa shape index (κ2) is 3.03. The Balaban J connectivity index is 2.85. The van der Waals surface area contributed by atoms with Gasteiger partial charge >= 0.3 is 0 Å². The number of rotatable bonds is 1. The summed E-state index contributed by atoms with van der Waals surface area (Å²) in [7, 11) is 0. The number of benzene rings is 1.